The van der Waals surface area contributed by atoms with Gasteiger partial charge in [0.15, 0.2) is 0 Å². The van der Waals surface area contributed by atoms with Gasteiger partial charge in [-0.05, 0) is 48.8 Å². The molecule has 1 aromatic rings. The molecule has 0 aliphatic carbocycles. The SMILES string of the molecule is NCCCOc1ccc(C2CCSC2)cc1. The summed E-state index contributed by atoms with van der Waals surface area (Å²) in [7, 11) is 0. The van der Waals surface area contributed by atoms with Gasteiger partial charge in [0.2, 0.25) is 0 Å². The average molecular weight is 237 g/mol. The van der Waals surface area contributed by atoms with E-state index in [-0.39, 0.29) is 0 Å². The fourth-order valence-corrected chi connectivity index (χ4v) is 3.17. The van der Waals surface area contributed by atoms with E-state index >= 15 is 0 Å². The van der Waals surface area contributed by atoms with Gasteiger partial charge in [0.05, 0.1) is 6.61 Å². The van der Waals surface area contributed by atoms with Crippen molar-refractivity contribution in [1.29, 1.82) is 0 Å². The molecule has 0 spiro atoms. The molecular weight excluding hydrogens is 218 g/mol. The lowest BCUT2D eigenvalue weighted by molar-refractivity contribution is 0.313. The van der Waals surface area contributed by atoms with Crippen molar-refractivity contribution < 1.29 is 4.74 Å². The lowest BCUT2D eigenvalue weighted by Crippen LogP contribution is -2.06. The molecular formula is C13H19NOS. The van der Waals surface area contributed by atoms with E-state index in [0.717, 1.165) is 24.7 Å². The third-order valence-electron chi connectivity index (χ3n) is 2.90. The predicted octanol–water partition coefficient (Wildman–Crippen LogP) is 2.63. The van der Waals surface area contributed by atoms with Crippen LogP contribution in [0.25, 0.3) is 0 Å². The lowest BCUT2D eigenvalue weighted by Gasteiger charge is -2.10. The summed E-state index contributed by atoms with van der Waals surface area (Å²) in [4.78, 5) is 0. The average Bonchev–Trinajstić information content (AvgIpc) is 2.84. The first-order chi connectivity index (χ1) is 7.90. The number of thioether (sulfide) groups is 1. The van der Waals surface area contributed by atoms with E-state index in [1.54, 1.807) is 0 Å². The van der Waals surface area contributed by atoms with Crippen molar-refractivity contribution in [2.75, 3.05) is 24.7 Å². The van der Waals surface area contributed by atoms with Crippen molar-refractivity contribution >= 4 is 11.8 Å². The normalized spacial score (nSPS) is 19.9. The van der Waals surface area contributed by atoms with Crippen LogP contribution in [0.3, 0.4) is 0 Å². The van der Waals surface area contributed by atoms with Gasteiger partial charge in [0.25, 0.3) is 0 Å². The van der Waals surface area contributed by atoms with Gasteiger partial charge in [-0.1, -0.05) is 12.1 Å². The summed E-state index contributed by atoms with van der Waals surface area (Å²) >= 11 is 2.05. The Kier molecular flexibility index (Phi) is 4.55. The van der Waals surface area contributed by atoms with Crippen LogP contribution < -0.4 is 10.5 Å². The summed E-state index contributed by atoms with van der Waals surface area (Å²) in [6.45, 7) is 1.41. The molecule has 1 fully saturated rings. The summed E-state index contributed by atoms with van der Waals surface area (Å²) in [5.41, 5.74) is 6.87. The summed E-state index contributed by atoms with van der Waals surface area (Å²) in [6, 6.07) is 8.56. The minimum Gasteiger partial charge on any atom is -0.494 e. The van der Waals surface area contributed by atoms with Crippen LogP contribution in [0, 0.1) is 0 Å². The first kappa shape index (κ1) is 11.8. The van der Waals surface area contributed by atoms with Gasteiger partial charge in [-0.3, -0.25) is 0 Å². The van der Waals surface area contributed by atoms with Crippen LogP contribution >= 0.6 is 11.8 Å². The highest BCUT2D eigenvalue weighted by Gasteiger charge is 2.16. The maximum Gasteiger partial charge on any atom is 0.119 e. The first-order valence-corrected chi connectivity index (χ1v) is 7.06. The van der Waals surface area contributed by atoms with E-state index in [1.807, 2.05) is 0 Å². The summed E-state index contributed by atoms with van der Waals surface area (Å²) in [5.74, 6) is 4.29. The van der Waals surface area contributed by atoms with Crippen LogP contribution in [0.2, 0.25) is 0 Å². The summed E-state index contributed by atoms with van der Waals surface area (Å²) < 4.78 is 5.58. The van der Waals surface area contributed by atoms with E-state index in [1.165, 1.54) is 23.5 Å². The minimum atomic E-state index is 0.692. The molecule has 0 amide bonds. The van der Waals surface area contributed by atoms with Gasteiger partial charge in [-0.15, -0.1) is 0 Å². The topological polar surface area (TPSA) is 35.2 Å². The standard InChI is InChI=1S/C13H19NOS/c14-7-1-8-15-13-4-2-11(3-5-13)12-6-9-16-10-12/h2-5,12H,1,6-10,14H2. The molecule has 1 aliphatic rings. The Balaban J connectivity index is 1.88. The highest BCUT2D eigenvalue weighted by atomic mass is 32.2. The highest BCUT2D eigenvalue weighted by molar-refractivity contribution is 7.99. The van der Waals surface area contributed by atoms with Crippen molar-refractivity contribution in [2.24, 2.45) is 5.73 Å². The van der Waals surface area contributed by atoms with Crippen LogP contribution in [-0.2, 0) is 0 Å². The number of nitrogens with two attached hydrogens (primary N) is 1. The van der Waals surface area contributed by atoms with Gasteiger partial charge in [0.1, 0.15) is 5.75 Å². The third-order valence-corrected chi connectivity index (χ3v) is 4.06. The van der Waals surface area contributed by atoms with Crippen LogP contribution in [0.1, 0.15) is 24.3 Å². The molecule has 16 heavy (non-hydrogen) atoms. The predicted molar refractivity (Wildman–Crippen MR) is 70.3 cm³/mol. The van der Waals surface area contributed by atoms with E-state index in [0.29, 0.717) is 6.54 Å². The monoisotopic (exact) mass is 237 g/mol. The fraction of sp³-hybridized carbons (Fsp3) is 0.538. The second kappa shape index (κ2) is 6.16. The Bertz CT molecular complexity index is 306. The van der Waals surface area contributed by atoms with Gasteiger partial charge < -0.3 is 10.5 Å². The second-order valence-corrected chi connectivity index (χ2v) is 5.27. The van der Waals surface area contributed by atoms with Crippen molar-refractivity contribution in [3.05, 3.63) is 29.8 Å². The van der Waals surface area contributed by atoms with E-state index in [2.05, 4.69) is 36.0 Å². The zero-order chi connectivity index (χ0) is 11.2. The Morgan fingerprint density at radius 1 is 1.31 bits per heavy atom. The first-order valence-electron chi connectivity index (χ1n) is 5.90. The quantitative estimate of drug-likeness (QED) is 0.800. The Morgan fingerprint density at radius 3 is 2.75 bits per heavy atom. The molecule has 0 bridgehead atoms. The number of rotatable bonds is 5. The molecule has 2 rings (SSSR count). The van der Waals surface area contributed by atoms with Crippen LogP contribution in [0.15, 0.2) is 24.3 Å². The second-order valence-electron chi connectivity index (χ2n) is 4.12. The molecule has 1 aliphatic heterocycles. The highest BCUT2D eigenvalue weighted by Crippen LogP contribution is 2.32. The third kappa shape index (κ3) is 3.16. The molecule has 0 radical (unpaired) electrons. The molecule has 1 unspecified atom stereocenters. The molecule has 1 saturated heterocycles. The van der Waals surface area contributed by atoms with E-state index < -0.39 is 0 Å². The molecule has 3 heteroatoms. The summed E-state index contributed by atoms with van der Waals surface area (Å²) in [5, 5.41) is 0. The van der Waals surface area contributed by atoms with Crippen molar-refractivity contribution in [3.8, 4) is 5.75 Å². The number of hydrogen-bond donors (Lipinski definition) is 1. The van der Waals surface area contributed by atoms with Gasteiger partial charge >= 0.3 is 0 Å². The smallest absolute Gasteiger partial charge is 0.119 e. The van der Waals surface area contributed by atoms with Crippen molar-refractivity contribution in [3.63, 3.8) is 0 Å². The van der Waals surface area contributed by atoms with Crippen LogP contribution in [-0.4, -0.2) is 24.7 Å². The molecule has 1 heterocycles. The Hall–Kier alpha value is -0.670. The van der Waals surface area contributed by atoms with Crippen LogP contribution in [0.4, 0.5) is 0 Å². The molecule has 0 aromatic heterocycles. The molecule has 0 saturated carbocycles. The Labute approximate surface area is 102 Å². The Morgan fingerprint density at radius 2 is 2.12 bits per heavy atom. The molecule has 88 valence electrons. The van der Waals surface area contributed by atoms with Crippen molar-refractivity contribution in [2.45, 2.75) is 18.8 Å². The van der Waals surface area contributed by atoms with Gasteiger partial charge in [-0.2, -0.15) is 11.8 Å². The zero-order valence-corrected chi connectivity index (χ0v) is 10.3. The zero-order valence-electron chi connectivity index (χ0n) is 9.52. The molecule has 2 N–H and O–H groups in total. The number of hydrogen-bond acceptors (Lipinski definition) is 3. The van der Waals surface area contributed by atoms with Gasteiger partial charge in [0, 0.05) is 5.75 Å². The van der Waals surface area contributed by atoms with E-state index in [9.17, 15) is 0 Å². The number of ether oxygens (including phenoxy) is 1. The lowest BCUT2D eigenvalue weighted by atomic mass is 9.99. The summed E-state index contributed by atoms with van der Waals surface area (Å²) in [6.07, 6.45) is 2.24. The number of benzene rings is 1. The fourth-order valence-electron chi connectivity index (χ4n) is 1.91. The maximum absolute atomic E-state index is 5.58. The minimum absolute atomic E-state index is 0.692. The molecule has 1 atom stereocenters. The van der Waals surface area contributed by atoms with E-state index in [4.69, 9.17) is 10.5 Å². The molecule has 1 aromatic carbocycles. The maximum atomic E-state index is 5.58. The van der Waals surface area contributed by atoms with Crippen molar-refractivity contribution in [1.82, 2.24) is 0 Å². The largest absolute Gasteiger partial charge is 0.494 e. The van der Waals surface area contributed by atoms with Gasteiger partial charge in [-0.25, -0.2) is 0 Å². The van der Waals surface area contributed by atoms with Crippen LogP contribution in [0.5, 0.6) is 5.75 Å². The molecule has 2 nitrogen and oxygen atoms in total.